The number of nitrogens with two attached hydrogens (primary N) is 1. The monoisotopic (exact) mass is 504 g/mol. The van der Waals surface area contributed by atoms with Crippen LogP contribution >= 0.6 is 0 Å². The van der Waals surface area contributed by atoms with Crippen LogP contribution in [0, 0.1) is 11.8 Å². The number of esters is 1. The van der Waals surface area contributed by atoms with Crippen molar-refractivity contribution in [3.05, 3.63) is 35.4 Å². The second-order valence-electron chi connectivity index (χ2n) is 10.3. The number of hydrogen-bond acceptors (Lipinski definition) is 7. The van der Waals surface area contributed by atoms with Gasteiger partial charge in [0.2, 0.25) is 5.91 Å². The van der Waals surface area contributed by atoms with Crippen molar-refractivity contribution in [3.8, 4) is 11.8 Å². The van der Waals surface area contributed by atoms with Gasteiger partial charge in [-0.05, 0) is 65.7 Å². The molecule has 0 radical (unpaired) electrons. The van der Waals surface area contributed by atoms with Crippen molar-refractivity contribution in [2.45, 2.75) is 84.7 Å². The summed E-state index contributed by atoms with van der Waals surface area (Å²) >= 11 is 0. The van der Waals surface area contributed by atoms with Crippen molar-refractivity contribution in [1.82, 2.24) is 5.32 Å². The van der Waals surface area contributed by atoms with E-state index in [1.807, 2.05) is 24.3 Å². The third kappa shape index (κ3) is 16.5. The first-order chi connectivity index (χ1) is 16.7. The number of nitrogens with one attached hydrogen (secondary N) is 1. The van der Waals surface area contributed by atoms with Crippen molar-refractivity contribution in [1.29, 1.82) is 0 Å². The van der Waals surface area contributed by atoms with Gasteiger partial charge in [0.05, 0.1) is 25.9 Å². The maximum atomic E-state index is 12.1. The Morgan fingerprint density at radius 2 is 1.61 bits per heavy atom. The minimum atomic E-state index is -0.628. The summed E-state index contributed by atoms with van der Waals surface area (Å²) in [6.07, 6.45) is 0.400. The molecule has 3 N–H and O–H groups in total. The van der Waals surface area contributed by atoms with Crippen molar-refractivity contribution < 1.29 is 33.3 Å². The summed E-state index contributed by atoms with van der Waals surface area (Å²) in [5.41, 5.74) is 5.86. The molecular formula is C27H40N2O7. The van der Waals surface area contributed by atoms with Crippen LogP contribution in [0.25, 0.3) is 0 Å². The van der Waals surface area contributed by atoms with E-state index in [1.54, 1.807) is 41.5 Å². The fraction of sp³-hybridized carbons (Fsp3) is 0.593. The highest BCUT2D eigenvalue weighted by Crippen LogP contribution is 2.10. The standard InChI is InChI=1S/C27H40N2O7/c1-26(2,3)35-24(31)19-33-16-8-7-9-20-10-12-21(13-11-20)17-34-18-22(14-15-23(28)30)29-25(32)36-27(4,5)6/h10-13,22H,8,14-19H2,1-6H3,(H2,28,30)(H,29,32). The highest BCUT2D eigenvalue weighted by Gasteiger charge is 2.20. The number of rotatable bonds is 12. The lowest BCUT2D eigenvalue weighted by Crippen LogP contribution is -2.42. The predicted molar refractivity (Wildman–Crippen MR) is 136 cm³/mol. The lowest BCUT2D eigenvalue weighted by Gasteiger charge is -2.23. The summed E-state index contributed by atoms with van der Waals surface area (Å²) in [4.78, 5) is 34.8. The van der Waals surface area contributed by atoms with E-state index in [1.165, 1.54) is 0 Å². The number of primary amides is 1. The first-order valence-corrected chi connectivity index (χ1v) is 12.0. The number of amides is 2. The third-order valence-corrected chi connectivity index (χ3v) is 4.25. The molecule has 0 heterocycles. The number of carbonyl (C=O) groups excluding carboxylic acids is 3. The molecule has 2 amide bonds. The molecule has 0 aliphatic carbocycles. The van der Waals surface area contributed by atoms with Gasteiger partial charge in [-0.1, -0.05) is 24.0 Å². The molecule has 0 aromatic heterocycles. The molecule has 1 rings (SSSR count). The Hall–Kier alpha value is -3.09. The zero-order valence-electron chi connectivity index (χ0n) is 22.3. The number of hydrogen-bond donors (Lipinski definition) is 2. The molecule has 36 heavy (non-hydrogen) atoms. The Labute approximate surface area is 214 Å². The molecule has 9 nitrogen and oxygen atoms in total. The van der Waals surface area contributed by atoms with E-state index in [-0.39, 0.29) is 19.6 Å². The molecule has 1 unspecified atom stereocenters. The molecule has 0 spiro atoms. The number of carbonyl (C=O) groups is 3. The van der Waals surface area contributed by atoms with Crippen LogP contribution < -0.4 is 11.1 Å². The first-order valence-electron chi connectivity index (χ1n) is 12.0. The Bertz CT molecular complexity index is 903. The van der Waals surface area contributed by atoms with Crippen molar-refractivity contribution in [2.24, 2.45) is 5.73 Å². The molecule has 0 fully saturated rings. The molecular weight excluding hydrogens is 464 g/mol. The van der Waals surface area contributed by atoms with E-state index in [2.05, 4.69) is 17.2 Å². The van der Waals surface area contributed by atoms with Crippen LogP contribution in [-0.4, -0.2) is 55.0 Å². The fourth-order valence-corrected chi connectivity index (χ4v) is 2.81. The number of alkyl carbamates (subject to hydrolysis) is 1. The van der Waals surface area contributed by atoms with Gasteiger partial charge in [-0.25, -0.2) is 9.59 Å². The van der Waals surface area contributed by atoms with Gasteiger partial charge in [0, 0.05) is 18.4 Å². The zero-order valence-corrected chi connectivity index (χ0v) is 22.3. The molecule has 1 aromatic rings. The summed E-state index contributed by atoms with van der Waals surface area (Å²) in [6, 6.07) is 7.17. The van der Waals surface area contributed by atoms with Crippen LogP contribution in [0.5, 0.6) is 0 Å². The van der Waals surface area contributed by atoms with Crippen LogP contribution in [0.1, 0.15) is 71.9 Å². The smallest absolute Gasteiger partial charge is 0.407 e. The van der Waals surface area contributed by atoms with E-state index < -0.39 is 35.2 Å². The van der Waals surface area contributed by atoms with E-state index in [0.717, 1.165) is 11.1 Å². The average molecular weight is 505 g/mol. The summed E-state index contributed by atoms with van der Waals surface area (Å²) in [7, 11) is 0. The van der Waals surface area contributed by atoms with Crippen LogP contribution in [0.3, 0.4) is 0 Å². The van der Waals surface area contributed by atoms with Crippen LogP contribution in [-0.2, 0) is 35.1 Å². The SMILES string of the molecule is CC(C)(C)OC(=O)COCCC#Cc1ccc(COCC(CCC(N)=O)NC(=O)OC(C)(C)C)cc1. The number of ether oxygens (including phenoxy) is 4. The molecule has 200 valence electrons. The van der Waals surface area contributed by atoms with Gasteiger partial charge in [0.15, 0.2) is 0 Å². The summed E-state index contributed by atoms with van der Waals surface area (Å²) in [5.74, 6) is 5.22. The molecule has 1 aromatic carbocycles. The molecule has 0 aliphatic heterocycles. The predicted octanol–water partition coefficient (Wildman–Crippen LogP) is 3.46. The highest BCUT2D eigenvalue weighted by atomic mass is 16.6. The quantitative estimate of drug-likeness (QED) is 0.254. The highest BCUT2D eigenvalue weighted by molar-refractivity contribution is 5.74. The van der Waals surface area contributed by atoms with E-state index in [4.69, 9.17) is 24.7 Å². The lowest BCUT2D eigenvalue weighted by atomic mass is 10.1. The van der Waals surface area contributed by atoms with Gasteiger partial charge >= 0.3 is 12.1 Å². The van der Waals surface area contributed by atoms with Gasteiger partial charge in [-0.15, -0.1) is 0 Å². The van der Waals surface area contributed by atoms with Gasteiger partial charge in [-0.3, -0.25) is 4.79 Å². The first kappa shape index (κ1) is 30.9. The zero-order chi connectivity index (χ0) is 27.2. The van der Waals surface area contributed by atoms with E-state index >= 15 is 0 Å². The molecule has 0 saturated carbocycles. The minimum Gasteiger partial charge on any atom is -0.458 e. The average Bonchev–Trinajstić information content (AvgIpc) is 2.72. The third-order valence-electron chi connectivity index (χ3n) is 4.25. The maximum Gasteiger partial charge on any atom is 0.407 e. The molecule has 1 atom stereocenters. The minimum absolute atomic E-state index is 0.0929. The second-order valence-corrected chi connectivity index (χ2v) is 10.3. The van der Waals surface area contributed by atoms with Gasteiger partial charge in [0.25, 0.3) is 0 Å². The van der Waals surface area contributed by atoms with Gasteiger partial charge in [-0.2, -0.15) is 0 Å². The summed E-state index contributed by atoms with van der Waals surface area (Å²) in [6.45, 7) is 11.5. The largest absolute Gasteiger partial charge is 0.458 e. The summed E-state index contributed by atoms with van der Waals surface area (Å²) in [5, 5.41) is 2.73. The van der Waals surface area contributed by atoms with Crippen molar-refractivity contribution in [2.75, 3.05) is 19.8 Å². The normalized spacial score (nSPS) is 12.2. The Morgan fingerprint density at radius 1 is 0.972 bits per heavy atom. The van der Waals surface area contributed by atoms with Crippen LogP contribution in [0.15, 0.2) is 24.3 Å². The van der Waals surface area contributed by atoms with E-state index in [9.17, 15) is 14.4 Å². The van der Waals surface area contributed by atoms with Crippen LogP contribution in [0.2, 0.25) is 0 Å². The molecule has 0 saturated heterocycles. The van der Waals surface area contributed by atoms with Crippen molar-refractivity contribution >= 4 is 18.0 Å². The van der Waals surface area contributed by atoms with Crippen molar-refractivity contribution in [3.63, 3.8) is 0 Å². The van der Waals surface area contributed by atoms with Gasteiger partial charge in [0.1, 0.15) is 17.8 Å². The topological polar surface area (TPSA) is 126 Å². The Kier molecular flexibility index (Phi) is 13.0. The molecule has 9 heteroatoms. The Morgan fingerprint density at radius 3 is 2.19 bits per heavy atom. The van der Waals surface area contributed by atoms with Crippen LogP contribution in [0.4, 0.5) is 4.79 Å². The Balaban J connectivity index is 2.43. The van der Waals surface area contributed by atoms with E-state index in [0.29, 0.717) is 26.1 Å². The van der Waals surface area contributed by atoms with Gasteiger partial charge < -0.3 is 30.0 Å². The maximum absolute atomic E-state index is 12.1. The fourth-order valence-electron chi connectivity index (χ4n) is 2.81. The molecule has 0 aliphatic rings. The molecule has 0 bridgehead atoms. The number of benzene rings is 1. The lowest BCUT2D eigenvalue weighted by molar-refractivity contribution is -0.160. The summed E-state index contributed by atoms with van der Waals surface area (Å²) < 4.78 is 21.5. The second kappa shape index (κ2) is 15.1.